The normalized spacial score (nSPS) is 14.0. The Hall–Kier alpha value is -2.58. The van der Waals surface area contributed by atoms with Crippen molar-refractivity contribution in [3.63, 3.8) is 0 Å². The highest BCUT2D eigenvalue weighted by atomic mass is 32.2. The molecule has 0 N–H and O–H groups in total. The van der Waals surface area contributed by atoms with Gasteiger partial charge in [-0.3, -0.25) is 0 Å². The molecule has 0 aliphatic heterocycles. The second kappa shape index (κ2) is 11.7. The Morgan fingerprint density at radius 3 is 1.61 bits per heavy atom. The maximum Gasteiger partial charge on any atom is 0.100 e. The number of benzene rings is 4. The number of rotatable bonds is 7. The van der Waals surface area contributed by atoms with Crippen LogP contribution in [0.4, 0.5) is 0 Å². The molecule has 0 fully saturated rings. The summed E-state index contributed by atoms with van der Waals surface area (Å²) in [5, 5.41) is 3.91. The standard InChI is InChI=1S/C34H40NOPS/c1-33(2,3)27-24-22-26(23-25-27)32(35(7)38(36)34(4,5)6)30-20-14-15-21-31(30)37(28-16-10-8-11-17-28)29-18-12-9-13-19-29/h8-25,32H,1-7H3. The average molecular weight is 542 g/mol. The molecule has 2 unspecified atom stereocenters. The van der Waals surface area contributed by atoms with E-state index in [0.717, 1.165) is 5.56 Å². The van der Waals surface area contributed by atoms with Gasteiger partial charge in [0.2, 0.25) is 0 Å². The second-order valence-electron chi connectivity index (χ2n) is 11.7. The van der Waals surface area contributed by atoms with Gasteiger partial charge in [0, 0.05) is 7.05 Å². The lowest BCUT2D eigenvalue weighted by molar-refractivity contribution is 0.441. The average Bonchev–Trinajstić information content (AvgIpc) is 2.90. The fourth-order valence-corrected chi connectivity index (χ4v) is 8.56. The van der Waals surface area contributed by atoms with Crippen LogP contribution >= 0.6 is 7.92 Å². The molecule has 0 saturated heterocycles. The summed E-state index contributed by atoms with van der Waals surface area (Å²) in [6, 6.07) is 39.1. The number of hydrogen-bond acceptors (Lipinski definition) is 1. The number of nitrogens with zero attached hydrogens (tertiary/aromatic N) is 1. The van der Waals surface area contributed by atoms with Gasteiger partial charge in [-0.1, -0.05) is 130 Å². The molecule has 0 amide bonds. The fraction of sp³-hybridized carbons (Fsp3) is 0.294. The SMILES string of the molecule is CN(C(c1ccc(C(C)(C)C)cc1)c1ccccc1P(c1ccccc1)c1ccccc1)S(=O)C(C)(C)C. The van der Waals surface area contributed by atoms with Gasteiger partial charge in [0.15, 0.2) is 0 Å². The maximum absolute atomic E-state index is 13.8. The van der Waals surface area contributed by atoms with Crippen LogP contribution in [0.5, 0.6) is 0 Å². The lowest BCUT2D eigenvalue weighted by Gasteiger charge is -2.35. The third-order valence-corrected chi connectivity index (χ3v) is 11.0. The smallest absolute Gasteiger partial charge is 0.100 e. The van der Waals surface area contributed by atoms with Crippen LogP contribution in [-0.4, -0.2) is 20.3 Å². The van der Waals surface area contributed by atoms with Crippen LogP contribution in [0.15, 0.2) is 109 Å². The molecule has 4 aromatic carbocycles. The summed E-state index contributed by atoms with van der Waals surface area (Å²) in [5.41, 5.74) is 3.72. The molecule has 0 radical (unpaired) electrons. The van der Waals surface area contributed by atoms with Crippen molar-refractivity contribution in [3.05, 3.63) is 126 Å². The van der Waals surface area contributed by atoms with Crippen LogP contribution in [0.3, 0.4) is 0 Å². The Morgan fingerprint density at radius 2 is 1.13 bits per heavy atom. The Balaban J connectivity index is 1.94. The first-order chi connectivity index (χ1) is 18.0. The van der Waals surface area contributed by atoms with Gasteiger partial charge >= 0.3 is 0 Å². The predicted molar refractivity (Wildman–Crippen MR) is 168 cm³/mol. The molecular weight excluding hydrogens is 501 g/mol. The first-order valence-corrected chi connectivity index (χ1v) is 15.7. The molecule has 0 aliphatic carbocycles. The third kappa shape index (κ3) is 6.34. The van der Waals surface area contributed by atoms with Crippen LogP contribution in [0.2, 0.25) is 0 Å². The Labute approximate surface area is 233 Å². The van der Waals surface area contributed by atoms with E-state index in [2.05, 4.69) is 134 Å². The van der Waals surface area contributed by atoms with Crippen molar-refractivity contribution in [1.29, 1.82) is 0 Å². The van der Waals surface area contributed by atoms with Gasteiger partial charge in [-0.25, -0.2) is 8.51 Å². The zero-order valence-electron chi connectivity index (χ0n) is 23.7. The van der Waals surface area contributed by atoms with Crippen LogP contribution in [0.25, 0.3) is 0 Å². The zero-order valence-corrected chi connectivity index (χ0v) is 25.4. The highest BCUT2D eigenvalue weighted by molar-refractivity contribution is 7.84. The molecule has 0 spiro atoms. The lowest BCUT2D eigenvalue weighted by atomic mass is 9.86. The first kappa shape index (κ1) is 28.4. The highest BCUT2D eigenvalue weighted by Gasteiger charge is 2.33. The molecule has 0 saturated carbocycles. The minimum atomic E-state index is -1.21. The summed E-state index contributed by atoms with van der Waals surface area (Å²) < 4.78 is 15.5. The van der Waals surface area contributed by atoms with E-state index in [1.807, 2.05) is 27.8 Å². The molecule has 198 valence electrons. The molecule has 0 aliphatic rings. The Kier molecular flexibility index (Phi) is 8.72. The van der Waals surface area contributed by atoms with E-state index < -0.39 is 18.9 Å². The lowest BCUT2D eigenvalue weighted by Crippen LogP contribution is -2.39. The molecule has 4 aromatic rings. The van der Waals surface area contributed by atoms with Gasteiger partial charge < -0.3 is 0 Å². The minimum Gasteiger partial charge on any atom is -0.242 e. The van der Waals surface area contributed by atoms with Crippen LogP contribution < -0.4 is 15.9 Å². The van der Waals surface area contributed by atoms with Gasteiger partial charge in [0.1, 0.15) is 11.0 Å². The van der Waals surface area contributed by atoms with Gasteiger partial charge in [-0.05, 0) is 66.7 Å². The van der Waals surface area contributed by atoms with Crippen LogP contribution in [0, 0.1) is 0 Å². The van der Waals surface area contributed by atoms with Crippen molar-refractivity contribution in [3.8, 4) is 0 Å². The van der Waals surface area contributed by atoms with E-state index in [4.69, 9.17) is 0 Å². The summed E-state index contributed by atoms with van der Waals surface area (Å²) in [5.74, 6) is 0. The molecule has 0 bridgehead atoms. The van der Waals surface area contributed by atoms with Crippen molar-refractivity contribution in [2.45, 2.75) is 57.7 Å². The molecule has 4 heteroatoms. The molecule has 38 heavy (non-hydrogen) atoms. The summed E-state index contributed by atoms with van der Waals surface area (Å²) in [7, 11) is -0.00989. The van der Waals surface area contributed by atoms with E-state index in [-0.39, 0.29) is 16.2 Å². The van der Waals surface area contributed by atoms with E-state index in [1.165, 1.54) is 27.0 Å². The van der Waals surface area contributed by atoms with Gasteiger partial charge in [0.25, 0.3) is 0 Å². The topological polar surface area (TPSA) is 20.3 Å². The monoisotopic (exact) mass is 541 g/mol. The molecule has 0 heterocycles. The Bertz CT molecular complexity index is 1320. The van der Waals surface area contributed by atoms with E-state index >= 15 is 0 Å². The number of hydrogen-bond donors (Lipinski definition) is 0. The summed E-state index contributed by atoms with van der Waals surface area (Å²) in [6.45, 7) is 12.9. The van der Waals surface area contributed by atoms with Gasteiger partial charge in [-0.15, -0.1) is 0 Å². The summed E-state index contributed by atoms with van der Waals surface area (Å²) in [4.78, 5) is 0. The predicted octanol–water partition coefficient (Wildman–Crippen LogP) is 7.23. The van der Waals surface area contributed by atoms with Crippen molar-refractivity contribution in [2.75, 3.05) is 7.05 Å². The molecule has 2 atom stereocenters. The van der Waals surface area contributed by atoms with Crippen molar-refractivity contribution >= 4 is 34.8 Å². The van der Waals surface area contributed by atoms with E-state index in [9.17, 15) is 4.21 Å². The minimum absolute atomic E-state index is 0.0704. The van der Waals surface area contributed by atoms with Gasteiger partial charge in [0.05, 0.1) is 10.8 Å². The maximum atomic E-state index is 13.8. The molecular formula is C34H40NOPS. The van der Waals surface area contributed by atoms with Crippen LogP contribution in [0.1, 0.15) is 64.3 Å². The van der Waals surface area contributed by atoms with E-state index in [1.54, 1.807) is 0 Å². The van der Waals surface area contributed by atoms with Crippen molar-refractivity contribution in [2.24, 2.45) is 0 Å². The summed E-state index contributed by atoms with van der Waals surface area (Å²) in [6.07, 6.45) is 0. The fourth-order valence-electron chi connectivity index (χ4n) is 4.78. The molecule has 0 aromatic heterocycles. The van der Waals surface area contributed by atoms with Crippen LogP contribution in [-0.2, 0) is 16.4 Å². The molecule has 4 rings (SSSR count). The largest absolute Gasteiger partial charge is 0.242 e. The quantitative estimate of drug-likeness (QED) is 0.226. The summed E-state index contributed by atoms with van der Waals surface area (Å²) >= 11 is 0. The van der Waals surface area contributed by atoms with E-state index in [0.29, 0.717) is 0 Å². The zero-order chi connectivity index (χ0) is 27.5. The van der Waals surface area contributed by atoms with Gasteiger partial charge in [-0.2, -0.15) is 0 Å². The Morgan fingerprint density at radius 1 is 0.658 bits per heavy atom. The molecule has 2 nitrogen and oxygen atoms in total. The van der Waals surface area contributed by atoms with Crippen molar-refractivity contribution < 1.29 is 4.21 Å². The highest BCUT2D eigenvalue weighted by Crippen LogP contribution is 2.39. The third-order valence-electron chi connectivity index (χ3n) is 6.74. The van der Waals surface area contributed by atoms with Crippen molar-refractivity contribution in [1.82, 2.24) is 4.31 Å². The first-order valence-electron chi connectivity index (χ1n) is 13.2. The second-order valence-corrected chi connectivity index (χ2v) is 16.2.